The van der Waals surface area contributed by atoms with Crippen molar-refractivity contribution in [2.45, 2.75) is 55.7 Å². The topological polar surface area (TPSA) is 226 Å². The van der Waals surface area contributed by atoms with Crippen molar-refractivity contribution in [2.75, 3.05) is 13.2 Å². The molecular weight excluding hydrogens is 372 g/mol. The number of carbonyl (C=O) groups excluding carboxylic acids is 2. The van der Waals surface area contributed by atoms with E-state index < -0.39 is 86.6 Å². The Hall–Kier alpha value is -1.87. The number of aliphatic carboxylic acids is 1. The van der Waals surface area contributed by atoms with Gasteiger partial charge in [0.05, 0.1) is 13.0 Å². The van der Waals surface area contributed by atoms with Gasteiger partial charge in [0, 0.05) is 13.0 Å². The van der Waals surface area contributed by atoms with E-state index in [1.807, 2.05) is 0 Å². The number of nitrogens with one attached hydrogen (secondary N) is 2. The lowest BCUT2D eigenvalue weighted by atomic mass is 9.99. The van der Waals surface area contributed by atoms with Crippen molar-refractivity contribution in [3.8, 4) is 0 Å². The SMILES string of the molecule is O=C(O)CCC(=O)N[C@H](C(=O)NC[C@@H]1O[C@@H](O)[C@@H](O)[C@H](O)[C@@H]1O)[C@@H](O)CO. The van der Waals surface area contributed by atoms with Crippen LogP contribution < -0.4 is 10.6 Å². The van der Waals surface area contributed by atoms with Crippen LogP contribution in [-0.2, 0) is 19.1 Å². The maximum atomic E-state index is 12.2. The molecule has 0 aromatic heterocycles. The van der Waals surface area contributed by atoms with Gasteiger partial charge in [0.15, 0.2) is 6.29 Å². The van der Waals surface area contributed by atoms with E-state index in [0.29, 0.717) is 0 Å². The molecule has 0 aliphatic carbocycles. The molecule has 7 atom stereocenters. The second kappa shape index (κ2) is 10.5. The van der Waals surface area contributed by atoms with Gasteiger partial charge in [-0.2, -0.15) is 0 Å². The van der Waals surface area contributed by atoms with Crippen LogP contribution in [0.1, 0.15) is 12.8 Å². The number of carboxylic acids is 1. The molecule has 2 amide bonds. The maximum absolute atomic E-state index is 12.2. The molecule has 9 N–H and O–H groups in total. The summed E-state index contributed by atoms with van der Waals surface area (Å²) in [7, 11) is 0. The van der Waals surface area contributed by atoms with E-state index in [9.17, 15) is 39.9 Å². The Morgan fingerprint density at radius 1 is 1.00 bits per heavy atom. The Labute approximate surface area is 153 Å². The summed E-state index contributed by atoms with van der Waals surface area (Å²) in [5, 5.41) is 69.7. The van der Waals surface area contributed by atoms with Crippen LogP contribution in [0, 0.1) is 0 Å². The molecule has 1 aliphatic heterocycles. The van der Waals surface area contributed by atoms with Crippen molar-refractivity contribution < 1.29 is 54.9 Å². The molecule has 0 aromatic rings. The third-order valence-electron chi connectivity index (χ3n) is 3.90. The minimum atomic E-state index is -1.81. The number of amides is 2. The zero-order valence-corrected chi connectivity index (χ0v) is 14.1. The molecule has 1 fully saturated rings. The normalized spacial score (nSPS) is 30.2. The summed E-state index contributed by atoms with van der Waals surface area (Å²) in [6, 6.07) is -1.63. The molecule has 1 rings (SSSR count). The van der Waals surface area contributed by atoms with Gasteiger partial charge >= 0.3 is 5.97 Å². The highest BCUT2D eigenvalue weighted by Crippen LogP contribution is 2.19. The Morgan fingerprint density at radius 3 is 2.19 bits per heavy atom. The largest absolute Gasteiger partial charge is 0.481 e. The van der Waals surface area contributed by atoms with E-state index in [2.05, 4.69) is 10.6 Å². The number of carboxylic acid groups (broad SMARTS) is 1. The predicted molar refractivity (Wildman–Crippen MR) is 83.8 cm³/mol. The van der Waals surface area contributed by atoms with Gasteiger partial charge in [-0.15, -0.1) is 0 Å². The second-order valence-electron chi connectivity index (χ2n) is 5.97. The van der Waals surface area contributed by atoms with Gasteiger partial charge in [0.25, 0.3) is 0 Å². The third kappa shape index (κ3) is 6.66. The molecule has 1 saturated heterocycles. The first-order chi connectivity index (χ1) is 12.6. The molecule has 0 unspecified atom stereocenters. The first kappa shape index (κ1) is 23.2. The van der Waals surface area contributed by atoms with Crippen molar-refractivity contribution in [1.82, 2.24) is 10.6 Å². The first-order valence-corrected chi connectivity index (χ1v) is 8.04. The van der Waals surface area contributed by atoms with Gasteiger partial charge in [0.2, 0.25) is 11.8 Å². The molecule has 0 spiro atoms. The lowest BCUT2D eigenvalue weighted by Crippen LogP contribution is -2.61. The van der Waals surface area contributed by atoms with Crippen LogP contribution >= 0.6 is 0 Å². The molecule has 27 heavy (non-hydrogen) atoms. The fourth-order valence-corrected chi connectivity index (χ4v) is 2.32. The summed E-state index contributed by atoms with van der Waals surface area (Å²) in [5.41, 5.74) is 0. The van der Waals surface area contributed by atoms with E-state index >= 15 is 0 Å². The van der Waals surface area contributed by atoms with E-state index in [0.717, 1.165) is 0 Å². The van der Waals surface area contributed by atoms with Gasteiger partial charge in [-0.25, -0.2) is 0 Å². The third-order valence-corrected chi connectivity index (χ3v) is 3.90. The Balaban J connectivity index is 2.65. The Kier molecular flexibility index (Phi) is 8.98. The molecular formula is C14H24N2O11. The van der Waals surface area contributed by atoms with Crippen LogP contribution in [0.4, 0.5) is 0 Å². The average Bonchev–Trinajstić information content (AvgIpc) is 2.63. The number of hydrogen-bond acceptors (Lipinski definition) is 10. The number of ether oxygens (including phenoxy) is 1. The zero-order valence-electron chi connectivity index (χ0n) is 14.1. The van der Waals surface area contributed by atoms with Crippen molar-refractivity contribution in [3.05, 3.63) is 0 Å². The van der Waals surface area contributed by atoms with Gasteiger partial charge in [0.1, 0.15) is 36.6 Å². The fraction of sp³-hybridized carbons (Fsp3) is 0.786. The van der Waals surface area contributed by atoms with Gasteiger partial charge in [-0.05, 0) is 0 Å². The van der Waals surface area contributed by atoms with Crippen LogP contribution in [-0.4, -0.2) is 110 Å². The van der Waals surface area contributed by atoms with Crippen LogP contribution in [0.3, 0.4) is 0 Å². The van der Waals surface area contributed by atoms with Gasteiger partial charge in [-0.3, -0.25) is 14.4 Å². The van der Waals surface area contributed by atoms with Gasteiger partial charge in [-0.1, -0.05) is 0 Å². The highest BCUT2D eigenvalue weighted by Gasteiger charge is 2.43. The summed E-state index contributed by atoms with van der Waals surface area (Å²) in [6.45, 7) is -1.36. The first-order valence-electron chi connectivity index (χ1n) is 8.04. The van der Waals surface area contributed by atoms with Crippen molar-refractivity contribution in [2.24, 2.45) is 0 Å². The quantitative estimate of drug-likeness (QED) is 0.179. The second-order valence-corrected chi connectivity index (χ2v) is 5.97. The molecule has 156 valence electrons. The van der Waals surface area contributed by atoms with E-state index in [1.54, 1.807) is 0 Å². The smallest absolute Gasteiger partial charge is 0.303 e. The number of carbonyl (C=O) groups is 3. The fourth-order valence-electron chi connectivity index (χ4n) is 2.32. The highest BCUT2D eigenvalue weighted by atomic mass is 16.6. The number of aliphatic hydroxyl groups excluding tert-OH is 6. The molecule has 1 heterocycles. The lowest BCUT2D eigenvalue weighted by molar-refractivity contribution is -0.280. The van der Waals surface area contributed by atoms with Crippen LogP contribution in [0.2, 0.25) is 0 Å². The molecule has 1 aliphatic rings. The number of rotatable bonds is 9. The standard InChI is InChI=1S/C14H24N2O11/c17-4-5(18)9(16-7(19)1-2-8(20)21)13(25)15-3-6-10(22)11(23)12(24)14(26)27-6/h5-6,9-12,14,17-18,22-24,26H,1-4H2,(H,15,25)(H,16,19)(H,20,21)/t5-,6-,9-,10+,11+,12-,14+/m0/s1. The minimum Gasteiger partial charge on any atom is -0.481 e. The van der Waals surface area contributed by atoms with Crippen LogP contribution in [0.25, 0.3) is 0 Å². The predicted octanol–water partition coefficient (Wildman–Crippen LogP) is -5.39. The van der Waals surface area contributed by atoms with E-state index in [1.165, 1.54) is 0 Å². The lowest BCUT2D eigenvalue weighted by Gasteiger charge is -2.38. The summed E-state index contributed by atoms with van der Waals surface area (Å²) < 4.78 is 4.86. The van der Waals surface area contributed by atoms with Crippen molar-refractivity contribution in [3.63, 3.8) is 0 Å². The molecule has 0 aromatic carbocycles. The average molecular weight is 396 g/mol. The Bertz CT molecular complexity index is 531. The highest BCUT2D eigenvalue weighted by molar-refractivity contribution is 5.89. The van der Waals surface area contributed by atoms with Crippen LogP contribution in [0.15, 0.2) is 0 Å². The monoisotopic (exact) mass is 396 g/mol. The van der Waals surface area contributed by atoms with E-state index in [4.69, 9.17) is 14.9 Å². The van der Waals surface area contributed by atoms with Crippen molar-refractivity contribution in [1.29, 1.82) is 0 Å². The van der Waals surface area contributed by atoms with Crippen molar-refractivity contribution >= 4 is 17.8 Å². The van der Waals surface area contributed by atoms with Gasteiger partial charge < -0.3 is 51.1 Å². The molecule has 0 radical (unpaired) electrons. The molecule has 13 nitrogen and oxygen atoms in total. The summed E-state index contributed by atoms with van der Waals surface area (Å²) in [5.74, 6) is -3.09. The summed E-state index contributed by atoms with van der Waals surface area (Å²) in [6.07, 6.45) is -10.9. The maximum Gasteiger partial charge on any atom is 0.303 e. The summed E-state index contributed by atoms with van der Waals surface area (Å²) >= 11 is 0. The Morgan fingerprint density at radius 2 is 1.63 bits per heavy atom. The summed E-state index contributed by atoms with van der Waals surface area (Å²) in [4.78, 5) is 34.3. The number of hydrogen-bond donors (Lipinski definition) is 9. The minimum absolute atomic E-state index is 0.460. The van der Waals surface area contributed by atoms with Crippen LogP contribution in [0.5, 0.6) is 0 Å². The molecule has 0 saturated carbocycles. The number of aliphatic hydroxyl groups is 6. The van der Waals surface area contributed by atoms with E-state index in [-0.39, 0.29) is 0 Å². The molecule has 0 bridgehead atoms. The zero-order chi connectivity index (χ0) is 20.7. The molecule has 13 heteroatoms.